The summed E-state index contributed by atoms with van der Waals surface area (Å²) in [6.07, 6.45) is 61.0. The molecule has 0 aliphatic rings. The van der Waals surface area contributed by atoms with E-state index in [-0.39, 0.29) is 18.5 Å². The van der Waals surface area contributed by atoms with Crippen molar-refractivity contribution in [2.45, 2.75) is 341 Å². The number of carbonyl (C=O) groups is 2. The Morgan fingerprint density at radius 3 is 0.968 bits per heavy atom. The molecule has 376 valence electrons. The van der Waals surface area contributed by atoms with Gasteiger partial charge in [0.15, 0.2) is 0 Å². The van der Waals surface area contributed by atoms with Crippen molar-refractivity contribution < 1.29 is 24.5 Å². The number of amides is 1. The monoisotopic (exact) mass is 892 g/mol. The fraction of sp³-hybridized carbons (Fsp3) is 0.965. The van der Waals surface area contributed by atoms with Gasteiger partial charge in [-0.25, -0.2) is 0 Å². The fourth-order valence-electron chi connectivity index (χ4n) is 9.23. The van der Waals surface area contributed by atoms with Crippen LogP contribution in [-0.2, 0) is 14.3 Å². The number of rotatable bonds is 54. The molecule has 0 aromatic heterocycles. The number of aliphatic hydroxyl groups excluding tert-OH is 2. The molecule has 2 atom stereocenters. The van der Waals surface area contributed by atoms with Crippen LogP contribution in [0.4, 0.5) is 0 Å². The highest BCUT2D eigenvalue weighted by Crippen LogP contribution is 2.18. The van der Waals surface area contributed by atoms with E-state index in [9.17, 15) is 19.8 Å². The molecule has 2 unspecified atom stereocenters. The molecule has 63 heavy (non-hydrogen) atoms. The normalized spacial score (nSPS) is 12.5. The molecule has 0 heterocycles. The average molecular weight is 893 g/mol. The molecule has 6 nitrogen and oxygen atoms in total. The van der Waals surface area contributed by atoms with Crippen LogP contribution in [-0.4, -0.2) is 47.4 Å². The topological polar surface area (TPSA) is 95.9 Å². The van der Waals surface area contributed by atoms with Crippen LogP contribution in [0.1, 0.15) is 328 Å². The van der Waals surface area contributed by atoms with E-state index < -0.39 is 12.1 Å². The minimum atomic E-state index is -0.661. The van der Waals surface area contributed by atoms with Crippen LogP contribution in [0, 0.1) is 0 Å². The van der Waals surface area contributed by atoms with Gasteiger partial charge in [-0.1, -0.05) is 290 Å². The minimum absolute atomic E-state index is 0.0157. The largest absolute Gasteiger partial charge is 0.466 e. The number of esters is 1. The fourth-order valence-corrected chi connectivity index (χ4v) is 9.23. The third-order valence-electron chi connectivity index (χ3n) is 13.7. The summed E-state index contributed by atoms with van der Waals surface area (Å²) >= 11 is 0. The molecule has 0 rings (SSSR count). The Labute approximate surface area is 394 Å². The van der Waals surface area contributed by atoms with E-state index in [1.54, 1.807) is 0 Å². The van der Waals surface area contributed by atoms with Crippen molar-refractivity contribution in [1.82, 2.24) is 5.32 Å². The van der Waals surface area contributed by atoms with Crippen LogP contribution in [0.3, 0.4) is 0 Å². The van der Waals surface area contributed by atoms with E-state index in [1.807, 2.05) is 0 Å². The molecule has 1 amide bonds. The highest BCUT2D eigenvalue weighted by molar-refractivity contribution is 5.76. The molecule has 0 aromatic carbocycles. The summed E-state index contributed by atoms with van der Waals surface area (Å²) < 4.78 is 5.47. The maximum Gasteiger partial charge on any atom is 0.305 e. The van der Waals surface area contributed by atoms with Gasteiger partial charge in [-0.3, -0.25) is 9.59 Å². The Bertz CT molecular complexity index is 898. The second kappa shape index (κ2) is 53.5. The number of nitrogens with one attached hydrogen (secondary N) is 1. The number of unbranched alkanes of at least 4 members (excludes halogenated alkanes) is 43. The predicted molar refractivity (Wildman–Crippen MR) is 274 cm³/mol. The molecule has 0 saturated carbocycles. The van der Waals surface area contributed by atoms with E-state index in [1.165, 1.54) is 257 Å². The van der Waals surface area contributed by atoms with Crippen LogP contribution in [0.25, 0.3) is 0 Å². The smallest absolute Gasteiger partial charge is 0.305 e. The van der Waals surface area contributed by atoms with Crippen LogP contribution < -0.4 is 5.32 Å². The average Bonchev–Trinajstić information content (AvgIpc) is 3.28. The molecule has 0 aromatic rings. The highest BCUT2D eigenvalue weighted by Gasteiger charge is 2.20. The Hall–Kier alpha value is -1.14. The third kappa shape index (κ3) is 50.1. The lowest BCUT2D eigenvalue weighted by Crippen LogP contribution is -2.45. The molecule has 0 saturated heterocycles. The number of carbonyl (C=O) groups excluding carboxylic acids is 2. The van der Waals surface area contributed by atoms with Gasteiger partial charge in [0.2, 0.25) is 5.91 Å². The molecule has 0 fully saturated rings. The van der Waals surface area contributed by atoms with E-state index >= 15 is 0 Å². The van der Waals surface area contributed by atoms with E-state index in [0.29, 0.717) is 25.9 Å². The molecule has 3 N–H and O–H groups in total. The lowest BCUT2D eigenvalue weighted by Gasteiger charge is -2.22. The zero-order valence-corrected chi connectivity index (χ0v) is 42.8. The summed E-state index contributed by atoms with van der Waals surface area (Å²) in [4.78, 5) is 24.4. The third-order valence-corrected chi connectivity index (χ3v) is 13.7. The maximum absolute atomic E-state index is 12.4. The van der Waals surface area contributed by atoms with Gasteiger partial charge in [-0.05, 0) is 25.7 Å². The van der Waals surface area contributed by atoms with Gasteiger partial charge in [0.05, 0.1) is 25.4 Å². The molecule has 0 radical (unpaired) electrons. The molecule has 6 heteroatoms. The molecule has 0 aliphatic carbocycles. The number of ether oxygens (including phenoxy) is 1. The summed E-state index contributed by atoms with van der Waals surface area (Å²) in [5, 5.41) is 23.2. The van der Waals surface area contributed by atoms with Crippen LogP contribution in [0.2, 0.25) is 0 Å². The number of aliphatic hydroxyl groups is 2. The van der Waals surface area contributed by atoms with Crippen molar-refractivity contribution in [2.24, 2.45) is 0 Å². The van der Waals surface area contributed by atoms with Crippen molar-refractivity contribution in [2.75, 3.05) is 13.2 Å². The van der Waals surface area contributed by atoms with E-state index in [4.69, 9.17) is 4.74 Å². The summed E-state index contributed by atoms with van der Waals surface area (Å²) in [7, 11) is 0. The first-order chi connectivity index (χ1) is 31.0. The number of hydrogen-bond donors (Lipinski definition) is 3. The Morgan fingerprint density at radius 1 is 0.381 bits per heavy atom. The van der Waals surface area contributed by atoms with E-state index in [2.05, 4.69) is 19.2 Å². The van der Waals surface area contributed by atoms with Crippen LogP contribution in [0.5, 0.6) is 0 Å². The first-order valence-electron chi connectivity index (χ1n) is 28.8. The summed E-state index contributed by atoms with van der Waals surface area (Å²) in [5.74, 6) is -0.0181. The number of hydrogen-bond acceptors (Lipinski definition) is 5. The first kappa shape index (κ1) is 61.9. The maximum atomic E-state index is 12.4. The lowest BCUT2D eigenvalue weighted by molar-refractivity contribution is -0.143. The van der Waals surface area contributed by atoms with Crippen molar-refractivity contribution >= 4 is 11.9 Å². The van der Waals surface area contributed by atoms with Crippen molar-refractivity contribution in [3.63, 3.8) is 0 Å². The highest BCUT2D eigenvalue weighted by atomic mass is 16.5. The Kier molecular flexibility index (Phi) is 52.5. The van der Waals surface area contributed by atoms with Crippen molar-refractivity contribution in [1.29, 1.82) is 0 Å². The molecular weight excluding hydrogens is 779 g/mol. The van der Waals surface area contributed by atoms with E-state index in [0.717, 1.165) is 38.5 Å². The SMILES string of the molecule is CCCCCCCCCCCCCCC(=O)OCCCCCCCCCCCCCCCCCCCCCCCCCC(=O)NC(CO)C(O)CCCCCCCCCCCCC. The van der Waals surface area contributed by atoms with Gasteiger partial charge in [-0.2, -0.15) is 0 Å². The Morgan fingerprint density at radius 2 is 0.651 bits per heavy atom. The van der Waals surface area contributed by atoms with Crippen molar-refractivity contribution in [3.8, 4) is 0 Å². The zero-order valence-electron chi connectivity index (χ0n) is 42.8. The second-order valence-corrected chi connectivity index (χ2v) is 20.0. The lowest BCUT2D eigenvalue weighted by atomic mass is 10.0. The molecular formula is C57H113NO5. The molecule has 0 bridgehead atoms. The first-order valence-corrected chi connectivity index (χ1v) is 28.8. The van der Waals surface area contributed by atoms with Gasteiger partial charge in [0.25, 0.3) is 0 Å². The van der Waals surface area contributed by atoms with Gasteiger partial charge >= 0.3 is 5.97 Å². The quantitative estimate of drug-likeness (QED) is 0.0418. The van der Waals surface area contributed by atoms with Gasteiger partial charge in [0.1, 0.15) is 0 Å². The predicted octanol–water partition coefficient (Wildman–Crippen LogP) is 17.5. The van der Waals surface area contributed by atoms with Gasteiger partial charge in [-0.15, -0.1) is 0 Å². The second-order valence-electron chi connectivity index (χ2n) is 20.0. The molecule has 0 aliphatic heterocycles. The van der Waals surface area contributed by atoms with Crippen LogP contribution in [0.15, 0.2) is 0 Å². The van der Waals surface area contributed by atoms with Crippen LogP contribution >= 0.6 is 0 Å². The summed E-state index contributed by atoms with van der Waals surface area (Å²) in [5.41, 5.74) is 0. The Balaban J connectivity index is 3.34. The van der Waals surface area contributed by atoms with Crippen molar-refractivity contribution in [3.05, 3.63) is 0 Å². The summed E-state index contributed by atoms with van der Waals surface area (Å²) in [6.45, 7) is 4.96. The summed E-state index contributed by atoms with van der Waals surface area (Å²) in [6, 6.07) is -0.538. The molecule has 0 spiro atoms. The zero-order chi connectivity index (χ0) is 45.8. The minimum Gasteiger partial charge on any atom is -0.466 e. The van der Waals surface area contributed by atoms with Gasteiger partial charge in [0, 0.05) is 12.8 Å². The standard InChI is InChI=1S/C57H113NO5/c1-3-5-7-9-11-13-15-31-35-39-43-47-51-57(62)63-52-48-44-40-36-32-28-26-24-22-20-18-16-17-19-21-23-25-27-30-34-38-42-46-50-56(61)58-54(53-59)55(60)49-45-41-37-33-29-14-12-10-8-6-4-2/h54-55,59-60H,3-53H2,1-2H3,(H,58,61). The van der Waals surface area contributed by atoms with Gasteiger partial charge < -0.3 is 20.3 Å².